The molecule has 1 unspecified atom stereocenters. The fourth-order valence-electron chi connectivity index (χ4n) is 3.19. The topological polar surface area (TPSA) is 27.6 Å². The molecule has 2 fully saturated rings. The van der Waals surface area contributed by atoms with E-state index in [9.17, 15) is 0 Å². The first-order valence-electron chi connectivity index (χ1n) is 8.02. The fourth-order valence-corrected chi connectivity index (χ4v) is 4.20. The van der Waals surface area contributed by atoms with Gasteiger partial charge in [0.05, 0.1) is 12.6 Å². The Morgan fingerprint density at radius 2 is 2.00 bits per heavy atom. The van der Waals surface area contributed by atoms with Crippen LogP contribution in [0, 0.1) is 0 Å². The van der Waals surface area contributed by atoms with Crippen molar-refractivity contribution in [3.63, 3.8) is 0 Å². The Balaban J connectivity index is 1.45. The molecule has 1 aliphatic heterocycles. The summed E-state index contributed by atoms with van der Waals surface area (Å²) in [5.41, 5.74) is 1.36. The smallest absolute Gasteiger partial charge is 0.157 e. The zero-order valence-corrected chi connectivity index (χ0v) is 13.6. The molecule has 1 heterocycles. The molecule has 1 aromatic rings. The van der Waals surface area contributed by atoms with E-state index >= 15 is 0 Å². The van der Waals surface area contributed by atoms with Crippen LogP contribution in [0.1, 0.15) is 37.3 Å². The van der Waals surface area contributed by atoms with Gasteiger partial charge >= 0.3 is 0 Å². The van der Waals surface area contributed by atoms with Crippen molar-refractivity contribution in [2.75, 3.05) is 25.9 Å². The zero-order valence-electron chi connectivity index (χ0n) is 12.8. The van der Waals surface area contributed by atoms with Crippen LogP contribution in [-0.2, 0) is 0 Å². The predicted molar refractivity (Wildman–Crippen MR) is 92.0 cm³/mol. The number of amidine groups is 1. The number of aliphatic imine (C=N–C) groups is 1. The van der Waals surface area contributed by atoms with E-state index in [-0.39, 0.29) is 0 Å². The third-order valence-electron chi connectivity index (χ3n) is 4.54. The van der Waals surface area contributed by atoms with E-state index in [0.29, 0.717) is 6.04 Å². The summed E-state index contributed by atoms with van der Waals surface area (Å²) in [5.74, 6) is 1.08. The molecule has 0 bridgehead atoms. The molecule has 0 spiro atoms. The summed E-state index contributed by atoms with van der Waals surface area (Å²) < 4.78 is 0. The maximum absolute atomic E-state index is 4.74. The van der Waals surface area contributed by atoms with E-state index in [1.807, 2.05) is 11.8 Å². The highest BCUT2D eigenvalue weighted by Crippen LogP contribution is 2.26. The second-order valence-electron chi connectivity index (χ2n) is 6.02. The van der Waals surface area contributed by atoms with Crippen LogP contribution in [0.4, 0.5) is 0 Å². The summed E-state index contributed by atoms with van der Waals surface area (Å²) in [6.07, 6.45) is 5.55. The lowest BCUT2D eigenvalue weighted by Gasteiger charge is -2.22. The number of benzene rings is 1. The van der Waals surface area contributed by atoms with Crippen LogP contribution >= 0.6 is 11.8 Å². The molecule has 1 aliphatic carbocycles. The lowest BCUT2D eigenvalue weighted by Crippen LogP contribution is -2.31. The van der Waals surface area contributed by atoms with Crippen LogP contribution < -0.4 is 5.32 Å². The molecule has 3 nitrogen and oxygen atoms in total. The van der Waals surface area contributed by atoms with Crippen LogP contribution in [-0.4, -0.2) is 42.0 Å². The van der Waals surface area contributed by atoms with Crippen LogP contribution in [0.15, 0.2) is 35.3 Å². The highest BCUT2D eigenvalue weighted by molar-refractivity contribution is 8.14. The van der Waals surface area contributed by atoms with Crippen molar-refractivity contribution in [3.8, 4) is 0 Å². The molecule has 1 saturated heterocycles. The molecule has 1 N–H and O–H groups in total. The SMILES string of the molecule is CN(CCN=C1NC(c2ccccc2)CS1)C1CCCC1. The van der Waals surface area contributed by atoms with Gasteiger partial charge in [0.1, 0.15) is 0 Å². The van der Waals surface area contributed by atoms with Gasteiger partial charge in [0.25, 0.3) is 0 Å². The summed E-state index contributed by atoms with van der Waals surface area (Å²) >= 11 is 1.85. The molecule has 1 aromatic carbocycles. The van der Waals surface area contributed by atoms with Gasteiger partial charge in [0.2, 0.25) is 0 Å². The van der Waals surface area contributed by atoms with E-state index < -0.39 is 0 Å². The van der Waals surface area contributed by atoms with Gasteiger partial charge in [0, 0.05) is 18.3 Å². The highest BCUT2D eigenvalue weighted by Gasteiger charge is 2.22. The lowest BCUT2D eigenvalue weighted by molar-refractivity contribution is 0.252. The van der Waals surface area contributed by atoms with Crippen LogP contribution in [0.3, 0.4) is 0 Å². The minimum Gasteiger partial charge on any atom is -0.357 e. The van der Waals surface area contributed by atoms with Gasteiger partial charge in [-0.2, -0.15) is 0 Å². The van der Waals surface area contributed by atoms with Crippen molar-refractivity contribution < 1.29 is 0 Å². The minimum atomic E-state index is 0.419. The number of nitrogens with one attached hydrogen (secondary N) is 1. The van der Waals surface area contributed by atoms with Gasteiger partial charge in [-0.3, -0.25) is 4.99 Å². The van der Waals surface area contributed by atoms with E-state index in [1.54, 1.807) is 0 Å². The highest BCUT2D eigenvalue weighted by atomic mass is 32.2. The Bertz CT molecular complexity index is 468. The quantitative estimate of drug-likeness (QED) is 0.904. The molecular formula is C17H25N3S. The molecule has 2 aliphatic rings. The summed E-state index contributed by atoms with van der Waals surface area (Å²) in [6.45, 7) is 1.98. The van der Waals surface area contributed by atoms with Gasteiger partial charge in [-0.1, -0.05) is 54.9 Å². The van der Waals surface area contributed by atoms with Crippen LogP contribution in [0.25, 0.3) is 0 Å². The third-order valence-corrected chi connectivity index (χ3v) is 5.56. The summed E-state index contributed by atoms with van der Waals surface area (Å²) in [6, 6.07) is 11.9. The van der Waals surface area contributed by atoms with Crippen molar-refractivity contribution in [2.24, 2.45) is 4.99 Å². The van der Waals surface area contributed by atoms with Gasteiger partial charge < -0.3 is 10.2 Å². The maximum Gasteiger partial charge on any atom is 0.157 e. The average Bonchev–Trinajstić information content (AvgIpc) is 3.20. The van der Waals surface area contributed by atoms with Crippen molar-refractivity contribution in [1.29, 1.82) is 0 Å². The number of hydrogen-bond acceptors (Lipinski definition) is 3. The largest absolute Gasteiger partial charge is 0.357 e. The number of nitrogens with zero attached hydrogens (tertiary/aromatic N) is 2. The molecule has 1 atom stereocenters. The number of rotatable bonds is 5. The van der Waals surface area contributed by atoms with E-state index in [2.05, 4.69) is 47.6 Å². The molecule has 0 amide bonds. The first kappa shape index (κ1) is 14.9. The maximum atomic E-state index is 4.74. The van der Waals surface area contributed by atoms with Crippen LogP contribution in [0.2, 0.25) is 0 Å². The summed E-state index contributed by atoms with van der Waals surface area (Å²) in [5, 5.41) is 4.66. The van der Waals surface area contributed by atoms with E-state index in [0.717, 1.165) is 30.1 Å². The van der Waals surface area contributed by atoms with Crippen molar-refractivity contribution in [1.82, 2.24) is 10.2 Å². The van der Waals surface area contributed by atoms with Crippen LogP contribution in [0.5, 0.6) is 0 Å². The second-order valence-corrected chi connectivity index (χ2v) is 7.03. The Kier molecular flexibility index (Phi) is 5.20. The molecular weight excluding hydrogens is 278 g/mol. The number of hydrogen-bond donors (Lipinski definition) is 1. The summed E-state index contributed by atoms with van der Waals surface area (Å²) in [4.78, 5) is 7.23. The predicted octanol–water partition coefficient (Wildman–Crippen LogP) is 3.29. The molecule has 114 valence electrons. The molecule has 1 saturated carbocycles. The fraction of sp³-hybridized carbons (Fsp3) is 0.588. The van der Waals surface area contributed by atoms with E-state index in [1.165, 1.54) is 31.2 Å². The van der Waals surface area contributed by atoms with Gasteiger partial charge in [0.15, 0.2) is 5.17 Å². The Hall–Kier alpha value is -1.00. The summed E-state index contributed by atoms with van der Waals surface area (Å²) in [7, 11) is 2.25. The van der Waals surface area contributed by atoms with Crippen molar-refractivity contribution in [3.05, 3.63) is 35.9 Å². The second kappa shape index (κ2) is 7.32. The zero-order chi connectivity index (χ0) is 14.5. The Morgan fingerprint density at radius 3 is 2.76 bits per heavy atom. The average molecular weight is 303 g/mol. The first-order valence-corrected chi connectivity index (χ1v) is 9.00. The molecule has 21 heavy (non-hydrogen) atoms. The lowest BCUT2D eigenvalue weighted by atomic mass is 10.1. The number of thioether (sulfide) groups is 1. The Morgan fingerprint density at radius 1 is 1.24 bits per heavy atom. The molecule has 0 radical (unpaired) electrons. The normalized spacial score (nSPS) is 24.9. The molecule has 4 heteroatoms. The third kappa shape index (κ3) is 4.01. The first-order chi connectivity index (χ1) is 10.3. The minimum absolute atomic E-state index is 0.419. The van der Waals surface area contributed by atoms with Crippen molar-refractivity contribution in [2.45, 2.75) is 37.8 Å². The number of likely N-dealkylation sites (N-methyl/N-ethyl adjacent to an activating group) is 1. The van der Waals surface area contributed by atoms with E-state index in [4.69, 9.17) is 4.99 Å². The monoisotopic (exact) mass is 303 g/mol. The Labute approximate surface area is 132 Å². The van der Waals surface area contributed by atoms with Gasteiger partial charge in [-0.15, -0.1) is 0 Å². The van der Waals surface area contributed by atoms with Gasteiger partial charge in [-0.25, -0.2) is 0 Å². The van der Waals surface area contributed by atoms with Gasteiger partial charge in [-0.05, 0) is 25.5 Å². The van der Waals surface area contributed by atoms with Crippen molar-refractivity contribution >= 4 is 16.9 Å². The standard InChI is InChI=1S/C17H25N3S/c1-20(15-9-5-6-10-15)12-11-18-17-19-16(13-21-17)14-7-3-2-4-8-14/h2-4,7-8,15-16H,5-6,9-13H2,1H3,(H,18,19). The molecule has 3 rings (SSSR count). The molecule has 0 aromatic heterocycles.